The fourth-order valence-corrected chi connectivity index (χ4v) is 1.77. The predicted octanol–water partition coefficient (Wildman–Crippen LogP) is 0.176. The molecule has 88 valence electrons. The van der Waals surface area contributed by atoms with Crippen LogP contribution in [0.25, 0.3) is 0 Å². The summed E-state index contributed by atoms with van der Waals surface area (Å²) in [4.78, 5) is 35.9. The first-order valence-electron chi connectivity index (χ1n) is 4.98. The van der Waals surface area contributed by atoms with Crippen molar-refractivity contribution in [2.75, 3.05) is 0 Å². The smallest absolute Gasteiger partial charge is 0.266 e. The number of hydrogen-bond acceptors (Lipinski definition) is 4. The van der Waals surface area contributed by atoms with E-state index in [1.165, 1.54) is 24.5 Å². The van der Waals surface area contributed by atoms with E-state index < -0.39 is 23.8 Å². The SMILES string of the molecule is C[C@H](C(=O)NO)N1C(=O)c2ccccc2C1=O. The molecule has 0 aliphatic carbocycles. The monoisotopic (exact) mass is 234 g/mol. The summed E-state index contributed by atoms with van der Waals surface area (Å²) in [7, 11) is 0. The van der Waals surface area contributed by atoms with E-state index in [-0.39, 0.29) is 11.1 Å². The van der Waals surface area contributed by atoms with E-state index in [0.29, 0.717) is 0 Å². The van der Waals surface area contributed by atoms with Crippen molar-refractivity contribution in [1.82, 2.24) is 10.4 Å². The maximum atomic E-state index is 11.9. The van der Waals surface area contributed by atoms with Crippen LogP contribution in [0.5, 0.6) is 0 Å². The highest BCUT2D eigenvalue weighted by molar-refractivity contribution is 6.22. The number of rotatable bonds is 2. The highest BCUT2D eigenvalue weighted by Crippen LogP contribution is 2.24. The summed E-state index contributed by atoms with van der Waals surface area (Å²) in [6.45, 7) is 1.37. The van der Waals surface area contributed by atoms with E-state index in [0.717, 1.165) is 4.90 Å². The van der Waals surface area contributed by atoms with Gasteiger partial charge < -0.3 is 0 Å². The number of imide groups is 1. The van der Waals surface area contributed by atoms with Crippen molar-refractivity contribution in [2.24, 2.45) is 0 Å². The van der Waals surface area contributed by atoms with Crippen LogP contribution >= 0.6 is 0 Å². The Morgan fingerprint density at radius 1 is 1.24 bits per heavy atom. The summed E-state index contributed by atoms with van der Waals surface area (Å²) in [5.74, 6) is -1.86. The molecule has 0 radical (unpaired) electrons. The number of hydroxylamine groups is 1. The number of nitrogens with one attached hydrogen (secondary N) is 1. The molecular formula is C11H10N2O4. The van der Waals surface area contributed by atoms with Crippen LogP contribution in [0.1, 0.15) is 27.6 Å². The molecule has 1 aliphatic rings. The molecule has 0 aromatic heterocycles. The zero-order valence-corrected chi connectivity index (χ0v) is 9.01. The summed E-state index contributed by atoms with van der Waals surface area (Å²) < 4.78 is 0. The van der Waals surface area contributed by atoms with Gasteiger partial charge in [0.15, 0.2) is 0 Å². The van der Waals surface area contributed by atoms with Crippen LogP contribution in [-0.2, 0) is 4.79 Å². The molecule has 0 saturated carbocycles. The molecule has 6 heteroatoms. The molecule has 1 atom stereocenters. The molecule has 6 nitrogen and oxygen atoms in total. The molecule has 2 N–H and O–H groups in total. The Balaban J connectivity index is 2.40. The van der Waals surface area contributed by atoms with Gasteiger partial charge in [-0.15, -0.1) is 0 Å². The number of carbonyl (C=O) groups excluding carboxylic acids is 3. The van der Waals surface area contributed by atoms with Crippen LogP contribution in [0, 0.1) is 0 Å². The van der Waals surface area contributed by atoms with Gasteiger partial charge in [-0.2, -0.15) is 0 Å². The summed E-state index contributed by atoms with van der Waals surface area (Å²) in [6, 6.07) is 5.29. The summed E-state index contributed by atoms with van der Waals surface area (Å²) in [6.07, 6.45) is 0. The number of benzene rings is 1. The number of amides is 3. The van der Waals surface area contributed by atoms with E-state index in [1.807, 2.05) is 0 Å². The molecular weight excluding hydrogens is 224 g/mol. The van der Waals surface area contributed by atoms with Gasteiger partial charge in [0.2, 0.25) is 0 Å². The Morgan fingerprint density at radius 2 is 1.71 bits per heavy atom. The van der Waals surface area contributed by atoms with E-state index in [9.17, 15) is 14.4 Å². The first-order valence-corrected chi connectivity index (χ1v) is 4.98. The van der Waals surface area contributed by atoms with Crippen LogP contribution in [-0.4, -0.2) is 33.9 Å². The highest BCUT2D eigenvalue weighted by atomic mass is 16.5. The largest absolute Gasteiger partial charge is 0.289 e. The van der Waals surface area contributed by atoms with Crippen molar-refractivity contribution in [2.45, 2.75) is 13.0 Å². The normalized spacial score (nSPS) is 15.8. The van der Waals surface area contributed by atoms with Crippen molar-refractivity contribution in [3.63, 3.8) is 0 Å². The molecule has 0 bridgehead atoms. The minimum atomic E-state index is -1.05. The maximum Gasteiger partial charge on any atom is 0.266 e. The fourth-order valence-electron chi connectivity index (χ4n) is 1.77. The summed E-state index contributed by atoms with van der Waals surface area (Å²) in [5.41, 5.74) is 1.97. The number of fused-ring (bicyclic) bond motifs is 1. The Kier molecular flexibility index (Phi) is 2.64. The van der Waals surface area contributed by atoms with Gasteiger partial charge >= 0.3 is 0 Å². The van der Waals surface area contributed by atoms with Crippen molar-refractivity contribution in [1.29, 1.82) is 0 Å². The van der Waals surface area contributed by atoms with Gasteiger partial charge in [0, 0.05) is 0 Å². The lowest BCUT2D eigenvalue weighted by atomic mass is 10.1. The van der Waals surface area contributed by atoms with E-state index in [1.54, 1.807) is 12.1 Å². The molecule has 0 spiro atoms. The van der Waals surface area contributed by atoms with Crippen LogP contribution in [0.3, 0.4) is 0 Å². The third-order valence-electron chi connectivity index (χ3n) is 2.70. The lowest BCUT2D eigenvalue weighted by molar-refractivity contribution is -0.132. The van der Waals surface area contributed by atoms with Crippen LogP contribution in [0.4, 0.5) is 0 Å². The van der Waals surface area contributed by atoms with E-state index in [4.69, 9.17) is 5.21 Å². The van der Waals surface area contributed by atoms with Crippen molar-refractivity contribution < 1.29 is 19.6 Å². The lowest BCUT2D eigenvalue weighted by Crippen LogP contribution is -2.47. The molecule has 1 aromatic rings. The van der Waals surface area contributed by atoms with Crippen molar-refractivity contribution >= 4 is 17.7 Å². The molecule has 1 aliphatic heterocycles. The molecule has 1 aromatic carbocycles. The fraction of sp³-hybridized carbons (Fsp3) is 0.182. The number of carbonyl (C=O) groups is 3. The third-order valence-corrected chi connectivity index (χ3v) is 2.70. The quantitative estimate of drug-likeness (QED) is 0.434. The van der Waals surface area contributed by atoms with Gasteiger partial charge in [-0.05, 0) is 19.1 Å². The summed E-state index contributed by atoms with van der Waals surface area (Å²) >= 11 is 0. The van der Waals surface area contributed by atoms with Gasteiger partial charge in [0.25, 0.3) is 17.7 Å². The third kappa shape index (κ3) is 1.58. The van der Waals surface area contributed by atoms with E-state index >= 15 is 0 Å². The van der Waals surface area contributed by atoms with Crippen molar-refractivity contribution in [3.8, 4) is 0 Å². The molecule has 3 amide bonds. The van der Waals surface area contributed by atoms with Gasteiger partial charge in [-0.3, -0.25) is 24.5 Å². The first-order chi connectivity index (χ1) is 8.07. The summed E-state index contributed by atoms with van der Waals surface area (Å²) in [5, 5.41) is 8.51. The highest BCUT2D eigenvalue weighted by Gasteiger charge is 2.40. The molecule has 0 unspecified atom stereocenters. The van der Waals surface area contributed by atoms with Crippen molar-refractivity contribution in [3.05, 3.63) is 35.4 Å². The van der Waals surface area contributed by atoms with Gasteiger partial charge in [0.05, 0.1) is 11.1 Å². The first kappa shape index (κ1) is 11.3. The zero-order chi connectivity index (χ0) is 12.6. The Bertz CT molecular complexity index is 477. The lowest BCUT2D eigenvalue weighted by Gasteiger charge is -2.19. The van der Waals surface area contributed by atoms with E-state index in [2.05, 4.69) is 0 Å². The molecule has 0 saturated heterocycles. The van der Waals surface area contributed by atoms with Crippen LogP contribution in [0.2, 0.25) is 0 Å². The Hall–Kier alpha value is -2.21. The minimum absolute atomic E-state index is 0.273. The average molecular weight is 234 g/mol. The second-order valence-corrected chi connectivity index (χ2v) is 3.68. The zero-order valence-electron chi connectivity index (χ0n) is 9.01. The van der Waals surface area contributed by atoms with Gasteiger partial charge in [-0.25, -0.2) is 5.48 Å². The Morgan fingerprint density at radius 3 is 2.12 bits per heavy atom. The van der Waals surface area contributed by atoms with Crippen LogP contribution in [0.15, 0.2) is 24.3 Å². The standard InChI is InChI=1S/C11H10N2O4/c1-6(9(14)12-17)13-10(15)7-4-2-3-5-8(7)11(13)16/h2-6,17H,1H3,(H,12,14)/t6-/m1/s1. The second-order valence-electron chi connectivity index (χ2n) is 3.68. The molecule has 1 heterocycles. The molecule has 0 fully saturated rings. The predicted molar refractivity (Wildman–Crippen MR) is 56.3 cm³/mol. The van der Waals surface area contributed by atoms with Crippen LogP contribution < -0.4 is 5.48 Å². The minimum Gasteiger partial charge on any atom is -0.289 e. The number of nitrogens with zero attached hydrogens (tertiary/aromatic N) is 1. The average Bonchev–Trinajstić information content (AvgIpc) is 2.61. The van der Waals surface area contributed by atoms with Gasteiger partial charge in [0.1, 0.15) is 6.04 Å². The van der Waals surface area contributed by atoms with Gasteiger partial charge in [-0.1, -0.05) is 12.1 Å². The topological polar surface area (TPSA) is 86.7 Å². The number of hydrogen-bond donors (Lipinski definition) is 2. The molecule has 17 heavy (non-hydrogen) atoms. The second kappa shape index (κ2) is 3.99. The molecule has 2 rings (SSSR count). The maximum absolute atomic E-state index is 11.9. The Labute approximate surface area is 96.8 Å².